The topological polar surface area (TPSA) is 97.0 Å². The van der Waals surface area contributed by atoms with Crippen LogP contribution in [0.5, 0.6) is 5.75 Å². The Bertz CT molecular complexity index is 1400. The minimum absolute atomic E-state index is 0.00872. The fourth-order valence-electron chi connectivity index (χ4n) is 7.29. The SMILES string of the molecule is COc1ccccc1CN1C(=O)[C@H]2C(C(=O)Nc3cccc(Cl)c3)[C@H]3C=CC2(O3)C1C(=O)NC1CCCC(C)C1C. The lowest BCUT2D eigenvalue weighted by atomic mass is 9.73. The molecule has 1 aliphatic carbocycles. The molecule has 4 aliphatic rings. The average molecular weight is 578 g/mol. The molecule has 216 valence electrons. The molecule has 6 rings (SSSR count). The van der Waals surface area contributed by atoms with E-state index in [1.54, 1.807) is 36.3 Å². The molecule has 3 aliphatic heterocycles. The van der Waals surface area contributed by atoms with E-state index in [0.29, 0.717) is 28.3 Å². The van der Waals surface area contributed by atoms with Crippen molar-refractivity contribution in [3.05, 3.63) is 71.3 Å². The number of nitrogens with one attached hydrogen (secondary N) is 2. The van der Waals surface area contributed by atoms with Gasteiger partial charge in [0.1, 0.15) is 17.4 Å². The lowest BCUT2D eigenvalue weighted by molar-refractivity contribution is -0.142. The standard InChI is InChI=1S/C32H36ClN3O5/c1-18-8-6-12-23(19(18)2)35-30(38)28-32-15-14-25(41-32)26(29(37)34-22-11-7-10-21(33)16-22)27(32)31(39)36(28)17-20-9-4-5-13-24(20)40-3/h4-5,7,9-11,13-16,18-19,23,25-28H,6,8,12,17H2,1-3H3,(H,34,37)(H,35,38)/t18?,19?,23?,25-,26?,27-,28?,32?/m1/s1. The molecule has 2 bridgehead atoms. The van der Waals surface area contributed by atoms with E-state index >= 15 is 0 Å². The number of rotatable bonds is 7. The number of ether oxygens (including phenoxy) is 2. The first-order valence-electron chi connectivity index (χ1n) is 14.4. The van der Waals surface area contributed by atoms with Crippen LogP contribution in [-0.2, 0) is 25.7 Å². The number of fused-ring (bicyclic) bond motifs is 1. The van der Waals surface area contributed by atoms with Crippen molar-refractivity contribution in [1.82, 2.24) is 10.2 Å². The van der Waals surface area contributed by atoms with E-state index < -0.39 is 29.6 Å². The van der Waals surface area contributed by atoms with Crippen molar-refractivity contribution in [2.45, 2.75) is 63.4 Å². The fourth-order valence-corrected chi connectivity index (χ4v) is 7.48. The number of anilines is 1. The van der Waals surface area contributed by atoms with Crippen LogP contribution in [0.1, 0.15) is 38.7 Å². The van der Waals surface area contributed by atoms with Gasteiger partial charge in [0.2, 0.25) is 17.7 Å². The summed E-state index contributed by atoms with van der Waals surface area (Å²) in [5, 5.41) is 6.70. The van der Waals surface area contributed by atoms with E-state index in [4.69, 9.17) is 21.1 Å². The first-order chi connectivity index (χ1) is 19.7. The highest BCUT2D eigenvalue weighted by Gasteiger charge is 2.72. The zero-order chi connectivity index (χ0) is 28.9. The van der Waals surface area contributed by atoms with Crippen molar-refractivity contribution in [2.24, 2.45) is 23.7 Å². The van der Waals surface area contributed by atoms with Gasteiger partial charge in [-0.05, 0) is 42.5 Å². The number of carbonyl (C=O) groups excluding carboxylic acids is 3. The first-order valence-corrected chi connectivity index (χ1v) is 14.8. The van der Waals surface area contributed by atoms with Crippen LogP contribution in [0.25, 0.3) is 0 Å². The third-order valence-electron chi connectivity index (χ3n) is 9.58. The van der Waals surface area contributed by atoms with Crippen molar-refractivity contribution in [3.8, 4) is 5.75 Å². The number of likely N-dealkylation sites (tertiary alicyclic amines) is 1. The van der Waals surface area contributed by atoms with Gasteiger partial charge in [-0.1, -0.05) is 74.7 Å². The van der Waals surface area contributed by atoms with Crippen LogP contribution in [-0.4, -0.2) is 53.5 Å². The number of hydrogen-bond donors (Lipinski definition) is 2. The molecule has 3 heterocycles. The van der Waals surface area contributed by atoms with E-state index in [0.717, 1.165) is 24.8 Å². The van der Waals surface area contributed by atoms with Crippen molar-refractivity contribution in [1.29, 1.82) is 0 Å². The molecule has 41 heavy (non-hydrogen) atoms. The number of amides is 3. The molecule has 6 unspecified atom stereocenters. The Morgan fingerprint density at radius 2 is 1.93 bits per heavy atom. The third-order valence-corrected chi connectivity index (χ3v) is 9.82. The van der Waals surface area contributed by atoms with E-state index in [1.165, 1.54) is 0 Å². The summed E-state index contributed by atoms with van der Waals surface area (Å²) in [7, 11) is 1.58. The molecule has 0 radical (unpaired) electrons. The van der Waals surface area contributed by atoms with Crippen LogP contribution in [0.4, 0.5) is 5.69 Å². The zero-order valence-corrected chi connectivity index (χ0v) is 24.3. The summed E-state index contributed by atoms with van der Waals surface area (Å²) in [6.45, 7) is 4.55. The van der Waals surface area contributed by atoms with Gasteiger partial charge in [-0.25, -0.2) is 0 Å². The lowest BCUT2D eigenvalue weighted by Gasteiger charge is -2.38. The highest BCUT2D eigenvalue weighted by atomic mass is 35.5. The van der Waals surface area contributed by atoms with Crippen LogP contribution in [0.15, 0.2) is 60.7 Å². The first kappa shape index (κ1) is 27.8. The molecular weight excluding hydrogens is 542 g/mol. The molecule has 0 aromatic heterocycles. The maximum atomic E-state index is 14.3. The van der Waals surface area contributed by atoms with Gasteiger partial charge >= 0.3 is 0 Å². The molecule has 9 heteroatoms. The molecule has 2 aromatic carbocycles. The number of halogens is 1. The second-order valence-corrected chi connectivity index (χ2v) is 12.3. The Morgan fingerprint density at radius 1 is 1.12 bits per heavy atom. The van der Waals surface area contributed by atoms with Gasteiger partial charge in [0.25, 0.3) is 0 Å². The summed E-state index contributed by atoms with van der Waals surface area (Å²) in [5.74, 6) is -1.07. The quantitative estimate of drug-likeness (QED) is 0.470. The molecule has 8 nitrogen and oxygen atoms in total. The second kappa shape index (κ2) is 10.8. The molecule has 3 amide bonds. The minimum atomic E-state index is -1.24. The summed E-state index contributed by atoms with van der Waals surface area (Å²) in [6.07, 6.45) is 6.12. The maximum Gasteiger partial charge on any atom is 0.246 e. The predicted octanol–water partition coefficient (Wildman–Crippen LogP) is 4.58. The van der Waals surface area contributed by atoms with Crippen molar-refractivity contribution >= 4 is 35.0 Å². The van der Waals surface area contributed by atoms with Crippen LogP contribution >= 0.6 is 11.6 Å². The van der Waals surface area contributed by atoms with Gasteiger partial charge in [0.05, 0.1) is 31.6 Å². The molecule has 3 fully saturated rings. The van der Waals surface area contributed by atoms with Crippen LogP contribution in [0.3, 0.4) is 0 Å². The number of nitrogens with zero attached hydrogens (tertiary/aromatic N) is 1. The number of hydrogen-bond acceptors (Lipinski definition) is 5. The summed E-state index contributed by atoms with van der Waals surface area (Å²) >= 11 is 6.13. The monoisotopic (exact) mass is 577 g/mol. The Hall–Kier alpha value is -3.36. The highest BCUT2D eigenvalue weighted by Crippen LogP contribution is 2.55. The summed E-state index contributed by atoms with van der Waals surface area (Å²) < 4.78 is 12.1. The van der Waals surface area contributed by atoms with E-state index in [2.05, 4.69) is 24.5 Å². The highest BCUT2D eigenvalue weighted by molar-refractivity contribution is 6.30. The Labute approximate surface area is 245 Å². The predicted molar refractivity (Wildman–Crippen MR) is 155 cm³/mol. The van der Waals surface area contributed by atoms with E-state index in [-0.39, 0.29) is 30.3 Å². The number of carbonyl (C=O) groups is 3. The van der Waals surface area contributed by atoms with Crippen molar-refractivity contribution in [2.75, 3.05) is 12.4 Å². The normalized spacial score (nSPS) is 33.5. The van der Waals surface area contributed by atoms with Crippen molar-refractivity contribution < 1.29 is 23.9 Å². The fraction of sp³-hybridized carbons (Fsp3) is 0.469. The van der Waals surface area contributed by atoms with Gasteiger partial charge in [0, 0.05) is 22.3 Å². The third kappa shape index (κ3) is 4.71. The average Bonchev–Trinajstić information content (AvgIpc) is 3.59. The van der Waals surface area contributed by atoms with Gasteiger partial charge in [-0.3, -0.25) is 14.4 Å². The largest absolute Gasteiger partial charge is 0.496 e. The van der Waals surface area contributed by atoms with Crippen LogP contribution in [0, 0.1) is 23.7 Å². The van der Waals surface area contributed by atoms with Gasteiger partial charge in [0.15, 0.2) is 0 Å². The molecular formula is C32H36ClN3O5. The summed E-state index contributed by atoms with van der Waals surface area (Å²) in [4.78, 5) is 43.8. The number of methoxy groups -OCH3 is 1. The summed E-state index contributed by atoms with van der Waals surface area (Å²) in [6, 6.07) is 13.4. The minimum Gasteiger partial charge on any atom is -0.496 e. The Morgan fingerprint density at radius 3 is 2.71 bits per heavy atom. The second-order valence-electron chi connectivity index (χ2n) is 11.9. The van der Waals surface area contributed by atoms with Crippen LogP contribution < -0.4 is 15.4 Å². The molecule has 8 atom stereocenters. The van der Waals surface area contributed by atoms with Gasteiger partial charge in [-0.2, -0.15) is 0 Å². The van der Waals surface area contributed by atoms with Crippen LogP contribution in [0.2, 0.25) is 5.02 Å². The number of para-hydroxylation sites is 1. The number of benzene rings is 2. The zero-order valence-electron chi connectivity index (χ0n) is 23.5. The maximum absolute atomic E-state index is 14.3. The molecule has 2 saturated heterocycles. The molecule has 2 N–H and O–H groups in total. The van der Waals surface area contributed by atoms with Gasteiger partial charge < -0.3 is 25.0 Å². The lowest BCUT2D eigenvalue weighted by Crippen LogP contribution is -2.57. The molecule has 2 aromatic rings. The van der Waals surface area contributed by atoms with Crippen molar-refractivity contribution in [3.63, 3.8) is 0 Å². The Kier molecular flexibility index (Phi) is 7.32. The summed E-state index contributed by atoms with van der Waals surface area (Å²) in [5.41, 5.74) is 0.0678. The smallest absolute Gasteiger partial charge is 0.246 e. The van der Waals surface area contributed by atoms with E-state index in [9.17, 15) is 14.4 Å². The van der Waals surface area contributed by atoms with Gasteiger partial charge in [-0.15, -0.1) is 0 Å². The molecule has 1 saturated carbocycles. The van der Waals surface area contributed by atoms with E-state index in [1.807, 2.05) is 36.4 Å². The molecule has 1 spiro atoms. The Balaban J connectivity index is 1.35.